The molecule has 0 amide bonds. The van der Waals surface area contributed by atoms with Crippen molar-refractivity contribution < 1.29 is 17.9 Å². The number of nitrogens with two attached hydrogens (primary N) is 1. The molecule has 2 saturated heterocycles. The first-order valence-corrected chi connectivity index (χ1v) is 13.8. The van der Waals surface area contributed by atoms with Crippen LogP contribution in [0.25, 0.3) is 32.1 Å². The van der Waals surface area contributed by atoms with E-state index in [2.05, 4.69) is 14.9 Å². The number of ether oxygens (including phenoxy) is 1. The van der Waals surface area contributed by atoms with Crippen LogP contribution < -0.4 is 10.5 Å². The topological polar surface area (TPSA) is 88.1 Å². The fourth-order valence-electron chi connectivity index (χ4n) is 5.61. The van der Waals surface area contributed by atoms with Gasteiger partial charge in [-0.2, -0.15) is 15.2 Å². The van der Waals surface area contributed by atoms with Crippen LogP contribution >= 0.6 is 45.5 Å². The maximum atomic E-state index is 16.2. The van der Waals surface area contributed by atoms with Gasteiger partial charge in [0.25, 0.3) is 0 Å². The standard InChI is InChI=1S/C25H18ClF3IN5OS/c26-15-6-13-20(19(29)18(15)12-2-3-16(28)21-17(12)14(8-31)23(32)37-21)33-24(34-22(13)30)36-10-25-4-1-5-35(25)9-11(27)7-25/h2-3,6,11H,1,4-5,7,9-10,32H2/t11-,25+/m1/s1. The second-order valence-electron chi connectivity index (χ2n) is 9.36. The summed E-state index contributed by atoms with van der Waals surface area (Å²) >= 11 is 9.43. The summed E-state index contributed by atoms with van der Waals surface area (Å²) in [5.41, 5.74) is 5.80. The Labute approximate surface area is 232 Å². The van der Waals surface area contributed by atoms with Crippen molar-refractivity contribution in [3.63, 3.8) is 0 Å². The van der Waals surface area contributed by atoms with E-state index in [9.17, 15) is 14.0 Å². The second kappa shape index (κ2) is 9.11. The number of rotatable bonds is 4. The Hall–Kier alpha value is -2.40. The van der Waals surface area contributed by atoms with E-state index in [0.29, 0.717) is 22.1 Å². The minimum atomic E-state index is -0.902. The van der Waals surface area contributed by atoms with Crippen molar-refractivity contribution in [3.8, 4) is 23.2 Å². The van der Waals surface area contributed by atoms with Crippen molar-refractivity contribution in [2.75, 3.05) is 25.4 Å². The van der Waals surface area contributed by atoms with Crippen LogP contribution in [-0.2, 0) is 0 Å². The third-order valence-corrected chi connectivity index (χ3v) is 9.39. The van der Waals surface area contributed by atoms with Crippen molar-refractivity contribution in [1.82, 2.24) is 14.9 Å². The zero-order valence-electron chi connectivity index (χ0n) is 19.1. The highest BCUT2D eigenvalue weighted by Gasteiger charge is 2.49. The molecule has 6 nitrogen and oxygen atoms in total. The molecule has 2 fully saturated rings. The van der Waals surface area contributed by atoms with Gasteiger partial charge in [0.2, 0.25) is 0 Å². The lowest BCUT2D eigenvalue weighted by molar-refractivity contribution is 0.107. The zero-order valence-corrected chi connectivity index (χ0v) is 22.9. The maximum Gasteiger partial charge on any atom is 0.318 e. The van der Waals surface area contributed by atoms with Crippen LogP contribution in [-0.4, -0.2) is 46.3 Å². The molecule has 4 heterocycles. The monoisotopic (exact) mass is 655 g/mol. The molecule has 0 aliphatic carbocycles. The molecule has 2 atom stereocenters. The first kappa shape index (κ1) is 24.9. The van der Waals surface area contributed by atoms with Gasteiger partial charge in [-0.05, 0) is 59.7 Å². The molecular formula is C25H18ClF3IN5OS. The molecule has 6 rings (SSSR count). The van der Waals surface area contributed by atoms with Gasteiger partial charge in [0.1, 0.15) is 38.9 Å². The molecule has 4 aromatic rings. The number of halogens is 5. The Bertz CT molecular complexity index is 1640. The van der Waals surface area contributed by atoms with E-state index >= 15 is 4.39 Å². The Morgan fingerprint density at radius 1 is 1.35 bits per heavy atom. The number of hydrogen-bond donors (Lipinski definition) is 1. The minimum Gasteiger partial charge on any atom is -0.461 e. The van der Waals surface area contributed by atoms with Gasteiger partial charge in [-0.1, -0.05) is 17.7 Å². The highest BCUT2D eigenvalue weighted by atomic mass is 127. The van der Waals surface area contributed by atoms with Crippen LogP contribution in [0, 0.1) is 26.7 Å². The van der Waals surface area contributed by atoms with Gasteiger partial charge in [0.15, 0.2) is 5.82 Å². The predicted molar refractivity (Wildman–Crippen MR) is 146 cm³/mol. The Balaban J connectivity index is 1.47. The normalized spacial score (nSPS) is 21.6. The molecule has 0 bridgehead atoms. The van der Waals surface area contributed by atoms with Crippen LogP contribution in [0.5, 0.6) is 6.01 Å². The van der Waals surface area contributed by atoms with Crippen LogP contribution in [0.3, 0.4) is 0 Å². The summed E-state index contributed by atoms with van der Waals surface area (Å²) < 4.78 is 51.4. The van der Waals surface area contributed by atoms with Crippen molar-refractivity contribution in [2.45, 2.75) is 31.0 Å². The molecule has 0 saturated carbocycles. The van der Waals surface area contributed by atoms with Crippen LogP contribution in [0.4, 0.5) is 18.2 Å². The summed E-state index contributed by atoms with van der Waals surface area (Å²) in [6, 6.07) is 6.09. The molecule has 0 spiro atoms. The van der Waals surface area contributed by atoms with Crippen LogP contribution in [0.15, 0.2) is 18.2 Å². The molecule has 190 valence electrons. The molecule has 2 aromatic carbocycles. The molecule has 0 unspecified atom stereocenters. The van der Waals surface area contributed by atoms with Crippen molar-refractivity contribution in [3.05, 3.63) is 44.1 Å². The molecular weight excluding hydrogens is 638 g/mol. The quantitative estimate of drug-likeness (QED) is 0.201. The molecule has 37 heavy (non-hydrogen) atoms. The van der Waals surface area contributed by atoms with E-state index in [-0.39, 0.29) is 54.9 Å². The van der Waals surface area contributed by atoms with Gasteiger partial charge < -0.3 is 10.5 Å². The van der Waals surface area contributed by atoms with Gasteiger partial charge in [-0.15, -0.1) is 11.3 Å². The summed E-state index contributed by atoms with van der Waals surface area (Å²) in [7, 11) is 0. The van der Waals surface area contributed by atoms with Gasteiger partial charge >= 0.3 is 6.01 Å². The van der Waals surface area contributed by atoms with E-state index in [1.54, 1.807) is 6.07 Å². The van der Waals surface area contributed by atoms with E-state index < -0.39 is 23.3 Å². The van der Waals surface area contributed by atoms with Gasteiger partial charge in [-0.25, -0.2) is 13.2 Å². The van der Waals surface area contributed by atoms with Crippen molar-refractivity contribution in [2.24, 2.45) is 0 Å². The number of thiophene rings is 1. The number of hydrogen-bond acceptors (Lipinski definition) is 7. The first-order chi connectivity index (χ1) is 17.7. The van der Waals surface area contributed by atoms with Gasteiger partial charge in [-0.3, -0.25) is 4.90 Å². The predicted octanol–water partition coefficient (Wildman–Crippen LogP) is 6.46. The fourth-order valence-corrected chi connectivity index (χ4v) is 7.47. The van der Waals surface area contributed by atoms with E-state index in [1.807, 2.05) is 28.7 Å². The summed E-state index contributed by atoms with van der Waals surface area (Å²) in [6.07, 6.45) is 1.27. The molecule has 2 aromatic heterocycles. The van der Waals surface area contributed by atoms with E-state index in [4.69, 9.17) is 22.1 Å². The van der Waals surface area contributed by atoms with Gasteiger partial charge in [0, 0.05) is 29.3 Å². The molecule has 2 N–H and O–H groups in total. The number of benzene rings is 2. The number of nitriles is 1. The average molecular weight is 656 g/mol. The first-order valence-electron chi connectivity index (χ1n) is 11.5. The summed E-state index contributed by atoms with van der Waals surface area (Å²) in [5.74, 6) is -1.32. The largest absolute Gasteiger partial charge is 0.461 e. The minimum absolute atomic E-state index is 0.0191. The zero-order chi connectivity index (χ0) is 26.1. The number of aromatic nitrogens is 2. The van der Waals surface area contributed by atoms with Crippen LogP contribution in [0.1, 0.15) is 24.8 Å². The Morgan fingerprint density at radius 2 is 2.16 bits per heavy atom. The lowest BCUT2D eigenvalue weighted by Gasteiger charge is -2.30. The van der Waals surface area contributed by atoms with E-state index in [0.717, 1.165) is 30.7 Å². The summed E-state index contributed by atoms with van der Waals surface area (Å²) in [6.45, 7) is 1.41. The van der Waals surface area contributed by atoms with Crippen molar-refractivity contribution in [1.29, 1.82) is 5.26 Å². The highest BCUT2D eigenvalue weighted by Crippen LogP contribution is 2.45. The van der Waals surface area contributed by atoms with E-state index in [1.165, 1.54) is 12.1 Å². The summed E-state index contributed by atoms with van der Waals surface area (Å²) in [5, 5.41) is 10.4. The third-order valence-electron chi connectivity index (χ3n) is 7.25. The molecule has 2 aliphatic rings. The number of nitrogen functional groups attached to an aromatic ring is 1. The lowest BCUT2D eigenvalue weighted by atomic mass is 9.95. The second-order valence-corrected chi connectivity index (χ2v) is 11.8. The third kappa shape index (κ3) is 3.91. The molecule has 2 aliphatic heterocycles. The number of nitrogens with zero attached hydrogens (tertiary/aromatic N) is 4. The average Bonchev–Trinajstić information content (AvgIpc) is 3.49. The summed E-state index contributed by atoms with van der Waals surface area (Å²) in [4.78, 5) is 10.8. The van der Waals surface area contributed by atoms with Crippen molar-refractivity contribution >= 4 is 71.5 Å². The SMILES string of the molecule is N#Cc1c(N)sc2c(F)ccc(-c3c(Cl)cc4c(I)nc(OC[C@@]56CCCN5C[C@H](F)C6)nc4c3F)c12. The van der Waals surface area contributed by atoms with Gasteiger partial charge in [0.05, 0.1) is 20.8 Å². The Kier molecular flexibility index (Phi) is 6.13. The smallest absolute Gasteiger partial charge is 0.318 e. The molecule has 12 heteroatoms. The molecule has 0 radical (unpaired) electrons. The lowest BCUT2D eigenvalue weighted by Crippen LogP contribution is -2.43. The fraction of sp³-hybridized carbons (Fsp3) is 0.320. The highest BCUT2D eigenvalue weighted by molar-refractivity contribution is 14.1. The number of anilines is 1. The Morgan fingerprint density at radius 3 is 2.95 bits per heavy atom. The number of alkyl halides is 1. The maximum absolute atomic E-state index is 16.2. The van der Waals surface area contributed by atoms with Crippen LogP contribution in [0.2, 0.25) is 5.02 Å². The number of fused-ring (bicyclic) bond motifs is 3.